The Morgan fingerprint density at radius 1 is 0.889 bits per heavy atom. The first kappa shape index (κ1) is 19.0. The van der Waals surface area contributed by atoms with Crippen molar-refractivity contribution in [2.75, 3.05) is 7.11 Å². The minimum absolute atomic E-state index is 0.228. The van der Waals surface area contributed by atoms with Crippen molar-refractivity contribution >= 4 is 17.6 Å². The molecule has 3 aromatic rings. The summed E-state index contributed by atoms with van der Waals surface area (Å²) in [6, 6.07) is 15.4. The minimum atomic E-state index is -0.470. The van der Waals surface area contributed by atoms with Crippen LogP contribution in [0.5, 0.6) is 0 Å². The van der Waals surface area contributed by atoms with Gasteiger partial charge in [-0.1, -0.05) is 29.8 Å². The molecule has 0 atom stereocenters. The molecule has 0 unspecified atom stereocenters. The molecule has 0 aliphatic carbocycles. The summed E-state index contributed by atoms with van der Waals surface area (Å²) in [5.41, 5.74) is 4.35. The summed E-state index contributed by atoms with van der Waals surface area (Å²) in [5, 5.41) is 8.68. The average molecular weight is 382 g/mol. The average Bonchev–Trinajstić information content (AvgIpc) is 2.72. The highest BCUT2D eigenvalue weighted by Gasteiger charge is 2.07. The molecule has 0 bridgehead atoms. The number of rotatable bonds is 7. The summed E-state index contributed by atoms with van der Waals surface area (Å²) in [7, 11) is 1.33. The standard InChI is InChI=1S/C21H20ClN3O2/c1-27-21(26)20-13-12-19(24-25-20)5-3-2-4-18-11-8-16(14-23-18)15-6-9-17(22)10-7-15/h6-14H,2-5H2,1H3. The third-order valence-electron chi connectivity index (χ3n) is 4.23. The number of halogens is 1. The quantitative estimate of drug-likeness (QED) is 0.444. The fourth-order valence-corrected chi connectivity index (χ4v) is 2.83. The summed E-state index contributed by atoms with van der Waals surface area (Å²) in [5.74, 6) is -0.470. The van der Waals surface area contributed by atoms with Crippen LogP contribution in [0.2, 0.25) is 5.02 Å². The van der Waals surface area contributed by atoms with Crippen LogP contribution in [0.4, 0.5) is 0 Å². The lowest BCUT2D eigenvalue weighted by Gasteiger charge is -2.05. The van der Waals surface area contributed by atoms with Gasteiger partial charge in [0.05, 0.1) is 12.8 Å². The lowest BCUT2D eigenvalue weighted by atomic mass is 10.1. The van der Waals surface area contributed by atoms with Gasteiger partial charge in [0, 0.05) is 22.5 Å². The zero-order valence-electron chi connectivity index (χ0n) is 15.1. The van der Waals surface area contributed by atoms with Crippen LogP contribution in [-0.2, 0) is 17.6 Å². The molecular weight excluding hydrogens is 362 g/mol. The van der Waals surface area contributed by atoms with Gasteiger partial charge in [0.2, 0.25) is 0 Å². The molecule has 0 fully saturated rings. The van der Waals surface area contributed by atoms with Crippen molar-refractivity contribution in [3.8, 4) is 11.1 Å². The van der Waals surface area contributed by atoms with Gasteiger partial charge < -0.3 is 4.74 Å². The van der Waals surface area contributed by atoms with Gasteiger partial charge in [-0.15, -0.1) is 5.10 Å². The van der Waals surface area contributed by atoms with Crippen LogP contribution >= 0.6 is 11.6 Å². The third-order valence-corrected chi connectivity index (χ3v) is 4.48. The number of hydrogen-bond acceptors (Lipinski definition) is 5. The first-order valence-electron chi connectivity index (χ1n) is 8.77. The van der Waals surface area contributed by atoms with Crippen LogP contribution in [0, 0.1) is 0 Å². The summed E-state index contributed by atoms with van der Waals surface area (Å²) in [6.45, 7) is 0. The van der Waals surface area contributed by atoms with E-state index < -0.39 is 5.97 Å². The number of methoxy groups -OCH3 is 1. The van der Waals surface area contributed by atoms with Crippen molar-refractivity contribution in [2.45, 2.75) is 25.7 Å². The Morgan fingerprint density at radius 3 is 2.15 bits per heavy atom. The Kier molecular flexibility index (Phi) is 6.49. The van der Waals surface area contributed by atoms with Gasteiger partial charge in [0.25, 0.3) is 0 Å². The normalized spacial score (nSPS) is 10.6. The van der Waals surface area contributed by atoms with Crippen molar-refractivity contribution < 1.29 is 9.53 Å². The first-order valence-corrected chi connectivity index (χ1v) is 9.15. The molecule has 0 saturated heterocycles. The third kappa shape index (κ3) is 5.34. The zero-order valence-corrected chi connectivity index (χ0v) is 15.8. The van der Waals surface area contributed by atoms with Crippen molar-refractivity contribution in [3.63, 3.8) is 0 Å². The van der Waals surface area contributed by atoms with E-state index in [0.717, 1.165) is 53.2 Å². The molecule has 6 heteroatoms. The largest absolute Gasteiger partial charge is 0.464 e. The van der Waals surface area contributed by atoms with Crippen LogP contribution < -0.4 is 0 Å². The second-order valence-corrected chi connectivity index (χ2v) is 6.59. The highest BCUT2D eigenvalue weighted by atomic mass is 35.5. The monoisotopic (exact) mass is 381 g/mol. The number of benzene rings is 1. The van der Waals surface area contributed by atoms with E-state index in [0.29, 0.717) is 0 Å². The smallest absolute Gasteiger partial charge is 0.358 e. The van der Waals surface area contributed by atoms with Crippen molar-refractivity contribution in [2.24, 2.45) is 0 Å². The number of carbonyl (C=O) groups is 1. The molecule has 27 heavy (non-hydrogen) atoms. The van der Waals surface area contributed by atoms with Gasteiger partial charge in [-0.25, -0.2) is 4.79 Å². The first-order chi connectivity index (χ1) is 13.2. The van der Waals surface area contributed by atoms with Crippen LogP contribution in [0.25, 0.3) is 11.1 Å². The molecule has 2 aromatic heterocycles. The molecular formula is C21H20ClN3O2. The molecule has 0 saturated carbocycles. The molecule has 138 valence electrons. The molecule has 1 aromatic carbocycles. The van der Waals surface area contributed by atoms with E-state index in [4.69, 9.17) is 11.6 Å². The molecule has 0 aliphatic rings. The Morgan fingerprint density at radius 2 is 1.56 bits per heavy atom. The van der Waals surface area contributed by atoms with Crippen molar-refractivity contribution in [1.82, 2.24) is 15.2 Å². The highest BCUT2D eigenvalue weighted by molar-refractivity contribution is 6.30. The molecule has 0 amide bonds. The number of carbonyl (C=O) groups excluding carboxylic acids is 1. The molecule has 2 heterocycles. The zero-order chi connectivity index (χ0) is 19.1. The van der Waals surface area contributed by atoms with Gasteiger partial charge in [0.15, 0.2) is 5.69 Å². The second kappa shape index (κ2) is 9.24. The lowest BCUT2D eigenvalue weighted by Crippen LogP contribution is -2.06. The van der Waals surface area contributed by atoms with E-state index in [-0.39, 0.29) is 5.69 Å². The summed E-state index contributed by atoms with van der Waals surface area (Å²) < 4.78 is 4.61. The summed E-state index contributed by atoms with van der Waals surface area (Å²) >= 11 is 5.92. The maximum atomic E-state index is 11.3. The highest BCUT2D eigenvalue weighted by Crippen LogP contribution is 2.21. The van der Waals surface area contributed by atoms with E-state index in [2.05, 4.69) is 32.1 Å². The summed E-state index contributed by atoms with van der Waals surface area (Å²) in [6.07, 6.45) is 5.61. The number of aromatic nitrogens is 3. The second-order valence-electron chi connectivity index (χ2n) is 6.15. The molecule has 0 spiro atoms. The maximum Gasteiger partial charge on any atom is 0.358 e. The maximum absolute atomic E-state index is 11.3. The summed E-state index contributed by atoms with van der Waals surface area (Å²) in [4.78, 5) is 15.9. The Hall–Kier alpha value is -2.79. The number of ether oxygens (including phenoxy) is 1. The van der Waals surface area contributed by atoms with Gasteiger partial charge in [-0.2, -0.15) is 5.10 Å². The number of pyridine rings is 1. The predicted octanol–water partition coefficient (Wildman–Crippen LogP) is 4.54. The Bertz CT molecular complexity index is 879. The number of hydrogen-bond donors (Lipinski definition) is 0. The fourth-order valence-electron chi connectivity index (χ4n) is 2.70. The van der Waals surface area contributed by atoms with Crippen LogP contribution in [0.3, 0.4) is 0 Å². The van der Waals surface area contributed by atoms with E-state index in [1.54, 1.807) is 6.07 Å². The number of nitrogens with zero attached hydrogens (tertiary/aromatic N) is 3. The van der Waals surface area contributed by atoms with Gasteiger partial charge in [-0.05, 0) is 61.6 Å². The van der Waals surface area contributed by atoms with E-state index >= 15 is 0 Å². The lowest BCUT2D eigenvalue weighted by molar-refractivity contribution is 0.0592. The topological polar surface area (TPSA) is 65.0 Å². The van der Waals surface area contributed by atoms with Crippen LogP contribution in [0.15, 0.2) is 54.7 Å². The number of esters is 1. The minimum Gasteiger partial charge on any atom is -0.464 e. The molecule has 0 N–H and O–H groups in total. The number of unbranched alkanes of at least 4 members (excludes halogenated alkanes) is 1. The van der Waals surface area contributed by atoms with Gasteiger partial charge in [-0.3, -0.25) is 4.98 Å². The predicted molar refractivity (Wildman–Crippen MR) is 105 cm³/mol. The molecule has 5 nitrogen and oxygen atoms in total. The van der Waals surface area contributed by atoms with Crippen molar-refractivity contribution in [3.05, 3.63) is 76.8 Å². The Balaban J connectivity index is 1.46. The Labute approximate surface area is 163 Å². The van der Waals surface area contributed by atoms with Gasteiger partial charge >= 0.3 is 5.97 Å². The SMILES string of the molecule is COC(=O)c1ccc(CCCCc2ccc(-c3ccc(Cl)cc3)cn2)nn1. The van der Waals surface area contributed by atoms with Crippen LogP contribution in [0.1, 0.15) is 34.7 Å². The molecule has 3 rings (SSSR count). The molecule has 0 aliphatic heterocycles. The van der Waals surface area contributed by atoms with E-state index in [1.807, 2.05) is 36.5 Å². The van der Waals surface area contributed by atoms with Crippen molar-refractivity contribution in [1.29, 1.82) is 0 Å². The molecule has 0 radical (unpaired) electrons. The van der Waals surface area contributed by atoms with Gasteiger partial charge in [0.1, 0.15) is 0 Å². The number of aryl methyl sites for hydroxylation is 2. The van der Waals surface area contributed by atoms with E-state index in [1.165, 1.54) is 7.11 Å². The van der Waals surface area contributed by atoms with E-state index in [9.17, 15) is 4.79 Å². The van der Waals surface area contributed by atoms with Crippen LogP contribution in [-0.4, -0.2) is 28.3 Å². The fraction of sp³-hybridized carbons (Fsp3) is 0.238.